The minimum Gasteiger partial charge on any atom is -0.341 e. The van der Waals surface area contributed by atoms with E-state index >= 15 is 0 Å². The van der Waals surface area contributed by atoms with Gasteiger partial charge in [-0.2, -0.15) is 0 Å². The molecule has 0 aliphatic rings. The van der Waals surface area contributed by atoms with Crippen molar-refractivity contribution in [2.24, 2.45) is 0 Å². The fourth-order valence-corrected chi connectivity index (χ4v) is 3.14. The summed E-state index contributed by atoms with van der Waals surface area (Å²) in [6.45, 7) is 2.65. The lowest BCUT2D eigenvalue weighted by Crippen LogP contribution is -2.30. The van der Waals surface area contributed by atoms with E-state index in [9.17, 15) is 0 Å². The van der Waals surface area contributed by atoms with Crippen molar-refractivity contribution in [2.45, 2.75) is 5.03 Å². The summed E-state index contributed by atoms with van der Waals surface area (Å²) in [5.74, 6) is 2.18. The average molecular weight is 357 g/mol. The highest BCUT2D eigenvalue weighted by atomic mass is 35.5. The minimum atomic E-state index is 0. The molecule has 20 heavy (non-hydrogen) atoms. The van der Waals surface area contributed by atoms with E-state index in [1.807, 2.05) is 0 Å². The Morgan fingerprint density at radius 1 is 1.10 bits per heavy atom. The van der Waals surface area contributed by atoms with Crippen LogP contribution in [-0.4, -0.2) is 62.0 Å². The Kier molecular flexibility index (Phi) is 8.56. The molecule has 2 aromatic rings. The lowest BCUT2D eigenvalue weighted by molar-refractivity contribution is 0.327. The van der Waals surface area contributed by atoms with Crippen LogP contribution in [0, 0.1) is 0 Å². The predicted molar refractivity (Wildman–Crippen MR) is 87.5 cm³/mol. The Bertz CT molecular complexity index is 504. The highest BCUT2D eigenvalue weighted by Crippen LogP contribution is 2.21. The first-order valence-electron chi connectivity index (χ1n) is 5.96. The SMILES string of the molecule is Cl.ClCCN(CCCl)CCSc1ncnc2nc[nH]c12. The molecule has 0 radical (unpaired) electrons. The van der Waals surface area contributed by atoms with Crippen molar-refractivity contribution in [1.29, 1.82) is 0 Å². The molecule has 2 rings (SSSR count). The zero-order valence-corrected chi connectivity index (χ0v) is 13.9. The van der Waals surface area contributed by atoms with Gasteiger partial charge in [-0.1, -0.05) is 0 Å². The maximum Gasteiger partial charge on any atom is 0.181 e. The van der Waals surface area contributed by atoms with Crippen LogP contribution in [0.5, 0.6) is 0 Å². The van der Waals surface area contributed by atoms with Gasteiger partial charge in [0, 0.05) is 37.1 Å². The van der Waals surface area contributed by atoms with Crippen molar-refractivity contribution in [2.75, 3.05) is 37.1 Å². The summed E-state index contributed by atoms with van der Waals surface area (Å²) in [4.78, 5) is 17.8. The van der Waals surface area contributed by atoms with Crippen LogP contribution in [0.15, 0.2) is 17.7 Å². The molecule has 9 heteroatoms. The standard InChI is InChI=1S/C11H15Cl2N5S.ClH/c12-1-3-18(4-2-13)5-6-19-11-9-10(15-7-14-9)16-8-17-11;/h7-8H,1-6H2,(H,14,15,16,17);1H. The smallest absolute Gasteiger partial charge is 0.181 e. The Morgan fingerprint density at radius 2 is 1.85 bits per heavy atom. The van der Waals surface area contributed by atoms with Gasteiger partial charge in [0.15, 0.2) is 5.65 Å². The molecule has 0 aromatic carbocycles. The molecule has 0 unspecified atom stereocenters. The van der Waals surface area contributed by atoms with Crippen molar-refractivity contribution in [3.05, 3.63) is 12.7 Å². The Balaban J connectivity index is 0.00000200. The normalized spacial score (nSPS) is 10.9. The molecule has 2 aromatic heterocycles. The summed E-state index contributed by atoms with van der Waals surface area (Å²) in [6.07, 6.45) is 3.18. The largest absolute Gasteiger partial charge is 0.341 e. The zero-order valence-electron chi connectivity index (χ0n) is 10.8. The molecule has 0 bridgehead atoms. The number of aromatic nitrogens is 4. The molecule has 2 heterocycles. The second kappa shape index (κ2) is 9.63. The van der Waals surface area contributed by atoms with Crippen LogP contribution in [0.4, 0.5) is 0 Å². The predicted octanol–water partition coefficient (Wildman–Crippen LogP) is 2.65. The quantitative estimate of drug-likeness (QED) is 0.448. The summed E-state index contributed by atoms with van der Waals surface area (Å²) >= 11 is 13.2. The van der Waals surface area contributed by atoms with E-state index < -0.39 is 0 Å². The number of nitrogens with one attached hydrogen (secondary N) is 1. The number of rotatable bonds is 8. The van der Waals surface area contributed by atoms with Gasteiger partial charge >= 0.3 is 0 Å². The van der Waals surface area contributed by atoms with Gasteiger partial charge in [-0.25, -0.2) is 15.0 Å². The van der Waals surface area contributed by atoms with Crippen LogP contribution >= 0.6 is 47.4 Å². The van der Waals surface area contributed by atoms with Crippen molar-refractivity contribution in [3.63, 3.8) is 0 Å². The number of H-pyrrole nitrogens is 1. The maximum absolute atomic E-state index is 5.77. The van der Waals surface area contributed by atoms with Crippen molar-refractivity contribution in [3.8, 4) is 0 Å². The topological polar surface area (TPSA) is 57.7 Å². The summed E-state index contributed by atoms with van der Waals surface area (Å²) in [5, 5.41) is 0.930. The van der Waals surface area contributed by atoms with Gasteiger partial charge in [-0.3, -0.25) is 0 Å². The summed E-state index contributed by atoms with van der Waals surface area (Å²) < 4.78 is 0. The molecule has 5 nitrogen and oxygen atoms in total. The van der Waals surface area contributed by atoms with Gasteiger partial charge in [0.25, 0.3) is 0 Å². The molecule has 1 N–H and O–H groups in total. The third-order valence-corrected chi connectivity index (χ3v) is 3.94. The number of aromatic amines is 1. The van der Waals surface area contributed by atoms with E-state index in [2.05, 4.69) is 24.8 Å². The Labute approximate surface area is 138 Å². The van der Waals surface area contributed by atoms with Crippen LogP contribution in [0.1, 0.15) is 0 Å². The van der Waals surface area contributed by atoms with Crippen LogP contribution in [0.3, 0.4) is 0 Å². The number of thioether (sulfide) groups is 1. The highest BCUT2D eigenvalue weighted by Gasteiger charge is 2.08. The van der Waals surface area contributed by atoms with Gasteiger partial charge in [-0.05, 0) is 0 Å². The van der Waals surface area contributed by atoms with Crippen molar-refractivity contribution in [1.82, 2.24) is 24.8 Å². The summed E-state index contributed by atoms with van der Waals surface area (Å²) in [5.41, 5.74) is 1.60. The lowest BCUT2D eigenvalue weighted by atomic mass is 10.5. The molecule has 0 saturated carbocycles. The maximum atomic E-state index is 5.77. The number of halogens is 3. The number of nitrogens with zero attached hydrogens (tertiary/aromatic N) is 4. The molecule has 0 saturated heterocycles. The first-order valence-corrected chi connectivity index (χ1v) is 8.01. The first-order chi connectivity index (χ1) is 9.35. The molecule has 0 aliphatic carbocycles. The van der Waals surface area contributed by atoms with Crippen molar-refractivity contribution < 1.29 is 0 Å². The van der Waals surface area contributed by atoms with Crippen LogP contribution in [0.25, 0.3) is 11.2 Å². The molecule has 0 spiro atoms. The number of hydrogen-bond acceptors (Lipinski definition) is 5. The fourth-order valence-electron chi connectivity index (χ4n) is 1.70. The Morgan fingerprint density at radius 3 is 2.55 bits per heavy atom. The fraction of sp³-hybridized carbons (Fsp3) is 0.545. The van der Waals surface area contributed by atoms with E-state index in [1.165, 1.54) is 0 Å². The second-order valence-corrected chi connectivity index (χ2v) is 5.69. The lowest BCUT2D eigenvalue weighted by Gasteiger charge is -2.19. The summed E-state index contributed by atoms with van der Waals surface area (Å²) in [6, 6.07) is 0. The van der Waals surface area contributed by atoms with Crippen LogP contribution in [0.2, 0.25) is 0 Å². The van der Waals surface area contributed by atoms with Gasteiger partial charge in [0.1, 0.15) is 16.9 Å². The third-order valence-electron chi connectivity index (χ3n) is 2.64. The first kappa shape index (κ1) is 17.8. The number of imidazole rings is 1. The molecular formula is C11H16Cl3N5S. The van der Waals surface area contributed by atoms with Crippen LogP contribution < -0.4 is 0 Å². The molecule has 0 atom stereocenters. The molecular weight excluding hydrogens is 341 g/mol. The van der Waals surface area contributed by atoms with E-state index in [0.717, 1.165) is 35.9 Å². The van der Waals surface area contributed by atoms with Crippen molar-refractivity contribution >= 4 is 58.5 Å². The van der Waals surface area contributed by atoms with E-state index in [0.29, 0.717) is 17.4 Å². The molecule has 0 aliphatic heterocycles. The van der Waals surface area contributed by atoms with Gasteiger partial charge in [0.05, 0.1) is 6.33 Å². The van der Waals surface area contributed by atoms with E-state index in [-0.39, 0.29) is 12.4 Å². The Hall–Kier alpha value is -0.270. The monoisotopic (exact) mass is 355 g/mol. The van der Waals surface area contributed by atoms with E-state index in [1.54, 1.807) is 24.4 Å². The zero-order chi connectivity index (χ0) is 13.5. The molecule has 112 valence electrons. The third kappa shape index (κ3) is 4.93. The number of fused-ring (bicyclic) bond motifs is 1. The van der Waals surface area contributed by atoms with E-state index in [4.69, 9.17) is 23.2 Å². The number of hydrogen-bond donors (Lipinski definition) is 1. The summed E-state index contributed by atoms with van der Waals surface area (Å²) in [7, 11) is 0. The number of alkyl halides is 2. The molecule has 0 amide bonds. The average Bonchev–Trinajstić information content (AvgIpc) is 2.88. The van der Waals surface area contributed by atoms with Gasteiger partial charge < -0.3 is 9.88 Å². The molecule has 0 fully saturated rings. The second-order valence-electron chi connectivity index (χ2n) is 3.85. The van der Waals surface area contributed by atoms with Gasteiger partial charge in [-0.15, -0.1) is 47.4 Å². The van der Waals surface area contributed by atoms with Crippen LogP contribution in [-0.2, 0) is 0 Å². The minimum absolute atomic E-state index is 0. The highest BCUT2D eigenvalue weighted by molar-refractivity contribution is 7.99. The van der Waals surface area contributed by atoms with Gasteiger partial charge in [0.2, 0.25) is 0 Å².